The number of rotatable bonds is 7. The second-order valence-corrected chi connectivity index (χ2v) is 4.72. The first-order valence-electron chi connectivity index (χ1n) is 6.42. The minimum Gasteiger partial charge on any atom is -0.396 e. The summed E-state index contributed by atoms with van der Waals surface area (Å²) in [6.45, 7) is 7.44. The van der Waals surface area contributed by atoms with Gasteiger partial charge in [0.2, 0.25) is 0 Å². The summed E-state index contributed by atoms with van der Waals surface area (Å²) in [5, 5.41) is 13.0. The van der Waals surface area contributed by atoms with E-state index >= 15 is 0 Å². The van der Waals surface area contributed by atoms with Gasteiger partial charge in [-0.1, -0.05) is 19.9 Å². The minimum absolute atomic E-state index is 0.00302. The molecule has 1 heterocycles. The maximum absolute atomic E-state index is 9.50. The molecule has 96 valence electrons. The van der Waals surface area contributed by atoms with Crippen molar-refractivity contribution in [3.05, 3.63) is 30.1 Å². The van der Waals surface area contributed by atoms with Gasteiger partial charge in [-0.15, -0.1) is 0 Å². The first kappa shape index (κ1) is 14.1. The smallest absolute Gasteiger partial charge is 0.0570 e. The first-order valence-corrected chi connectivity index (χ1v) is 6.42. The van der Waals surface area contributed by atoms with Crippen molar-refractivity contribution < 1.29 is 5.11 Å². The van der Waals surface area contributed by atoms with E-state index in [1.807, 2.05) is 24.4 Å². The van der Waals surface area contributed by atoms with Gasteiger partial charge in [-0.25, -0.2) is 0 Å². The summed E-state index contributed by atoms with van der Waals surface area (Å²) in [5.74, 6) is 0. The van der Waals surface area contributed by atoms with Gasteiger partial charge in [0.15, 0.2) is 0 Å². The summed E-state index contributed by atoms with van der Waals surface area (Å²) in [4.78, 5) is 4.33. The third-order valence-electron chi connectivity index (χ3n) is 3.75. The highest BCUT2D eigenvalue weighted by molar-refractivity contribution is 5.07. The quantitative estimate of drug-likeness (QED) is 0.764. The van der Waals surface area contributed by atoms with Crippen LogP contribution in [0.1, 0.15) is 45.3 Å². The molecular weight excluding hydrogens is 212 g/mol. The lowest BCUT2D eigenvalue weighted by atomic mass is 9.83. The fourth-order valence-corrected chi connectivity index (χ4v) is 1.89. The van der Waals surface area contributed by atoms with E-state index in [1.165, 1.54) is 0 Å². The lowest BCUT2D eigenvalue weighted by Gasteiger charge is -2.31. The predicted octanol–water partition coefficient (Wildman–Crippen LogP) is 2.53. The molecule has 1 aromatic rings. The number of aliphatic hydroxyl groups excluding tert-OH is 1. The zero-order chi connectivity index (χ0) is 12.7. The van der Waals surface area contributed by atoms with Crippen LogP contribution in [0, 0.1) is 5.41 Å². The monoisotopic (exact) mass is 236 g/mol. The molecule has 0 saturated carbocycles. The van der Waals surface area contributed by atoms with Gasteiger partial charge < -0.3 is 10.4 Å². The average molecular weight is 236 g/mol. The summed E-state index contributed by atoms with van der Waals surface area (Å²) in [7, 11) is 0. The van der Waals surface area contributed by atoms with Crippen LogP contribution in [0.25, 0.3) is 0 Å². The summed E-state index contributed by atoms with van der Waals surface area (Å²) in [6.07, 6.45) is 3.79. The van der Waals surface area contributed by atoms with Crippen LogP contribution in [0.5, 0.6) is 0 Å². The molecule has 0 spiro atoms. The maximum Gasteiger partial charge on any atom is 0.0570 e. The number of pyridine rings is 1. The predicted molar refractivity (Wildman–Crippen MR) is 70.8 cm³/mol. The van der Waals surface area contributed by atoms with Gasteiger partial charge in [0.05, 0.1) is 5.69 Å². The Hall–Kier alpha value is -0.930. The first-order chi connectivity index (χ1) is 8.17. The Kier molecular flexibility index (Phi) is 5.59. The van der Waals surface area contributed by atoms with E-state index in [4.69, 9.17) is 0 Å². The molecule has 3 heteroatoms. The van der Waals surface area contributed by atoms with Crippen molar-refractivity contribution in [3.8, 4) is 0 Å². The van der Waals surface area contributed by atoms with Gasteiger partial charge in [0.1, 0.15) is 0 Å². The average Bonchev–Trinajstić information content (AvgIpc) is 2.41. The fourth-order valence-electron chi connectivity index (χ4n) is 1.89. The van der Waals surface area contributed by atoms with Gasteiger partial charge in [0, 0.05) is 30.8 Å². The van der Waals surface area contributed by atoms with Gasteiger partial charge >= 0.3 is 0 Å². The van der Waals surface area contributed by atoms with Crippen LogP contribution in [-0.4, -0.2) is 23.2 Å². The molecule has 3 nitrogen and oxygen atoms in total. The van der Waals surface area contributed by atoms with E-state index in [9.17, 15) is 5.11 Å². The summed E-state index contributed by atoms with van der Waals surface area (Å²) >= 11 is 0. The number of hydrogen-bond acceptors (Lipinski definition) is 3. The van der Waals surface area contributed by atoms with Crippen LogP contribution in [-0.2, 0) is 0 Å². The third-order valence-corrected chi connectivity index (χ3v) is 3.75. The second kappa shape index (κ2) is 6.72. The van der Waals surface area contributed by atoms with E-state index in [0.717, 1.165) is 25.1 Å². The zero-order valence-electron chi connectivity index (χ0n) is 11.1. The molecule has 2 N–H and O–H groups in total. The molecule has 0 aliphatic carbocycles. The molecule has 0 aromatic carbocycles. The van der Waals surface area contributed by atoms with Crippen molar-refractivity contribution in [2.75, 3.05) is 13.2 Å². The standard InChI is InChI=1S/C14H24N2O/c1-4-14(5-2,11-17)10-16-12(3)13-8-6-7-9-15-13/h6-9,12,16-17H,4-5,10-11H2,1-3H3/t12-/m0/s1. The highest BCUT2D eigenvalue weighted by Gasteiger charge is 2.25. The number of nitrogens with one attached hydrogen (secondary N) is 1. The molecule has 0 radical (unpaired) electrons. The molecule has 0 saturated heterocycles. The summed E-state index contributed by atoms with van der Waals surface area (Å²) in [6, 6.07) is 6.17. The SMILES string of the molecule is CCC(CC)(CO)CN[C@@H](C)c1ccccn1. The van der Waals surface area contributed by atoms with E-state index < -0.39 is 0 Å². The Morgan fingerprint density at radius 3 is 2.53 bits per heavy atom. The Bertz CT molecular complexity index is 301. The molecule has 1 rings (SSSR count). The van der Waals surface area contributed by atoms with Gasteiger partial charge in [-0.2, -0.15) is 0 Å². The zero-order valence-corrected chi connectivity index (χ0v) is 11.1. The lowest BCUT2D eigenvalue weighted by molar-refractivity contribution is 0.110. The highest BCUT2D eigenvalue weighted by Crippen LogP contribution is 2.25. The molecule has 17 heavy (non-hydrogen) atoms. The molecule has 1 atom stereocenters. The molecule has 0 aliphatic heterocycles. The van der Waals surface area contributed by atoms with Crippen LogP contribution < -0.4 is 5.32 Å². The minimum atomic E-state index is 0.00302. The molecule has 1 aromatic heterocycles. The number of aliphatic hydroxyl groups is 1. The Morgan fingerprint density at radius 2 is 2.06 bits per heavy atom. The van der Waals surface area contributed by atoms with Crippen molar-refractivity contribution in [1.29, 1.82) is 0 Å². The largest absolute Gasteiger partial charge is 0.396 e. The normalized spacial score (nSPS) is 13.6. The number of nitrogens with zero attached hydrogens (tertiary/aromatic N) is 1. The van der Waals surface area contributed by atoms with Gasteiger partial charge in [0.25, 0.3) is 0 Å². The van der Waals surface area contributed by atoms with E-state index in [2.05, 4.69) is 31.1 Å². The molecular formula is C14H24N2O. The lowest BCUT2D eigenvalue weighted by Crippen LogP contribution is -2.37. The summed E-state index contributed by atoms with van der Waals surface area (Å²) < 4.78 is 0. The molecule has 0 amide bonds. The number of aromatic nitrogens is 1. The third kappa shape index (κ3) is 3.79. The second-order valence-electron chi connectivity index (χ2n) is 4.72. The van der Waals surface area contributed by atoms with Crippen molar-refractivity contribution in [2.45, 2.75) is 39.7 Å². The summed E-state index contributed by atoms with van der Waals surface area (Å²) in [5.41, 5.74) is 1.05. The Morgan fingerprint density at radius 1 is 1.35 bits per heavy atom. The van der Waals surface area contributed by atoms with Crippen LogP contribution in [0.3, 0.4) is 0 Å². The van der Waals surface area contributed by atoms with Gasteiger partial charge in [-0.3, -0.25) is 4.98 Å². The van der Waals surface area contributed by atoms with Crippen LogP contribution in [0.4, 0.5) is 0 Å². The van der Waals surface area contributed by atoms with E-state index in [1.54, 1.807) is 0 Å². The molecule has 0 unspecified atom stereocenters. The molecule has 0 aliphatic rings. The van der Waals surface area contributed by atoms with Crippen LogP contribution in [0.2, 0.25) is 0 Å². The van der Waals surface area contributed by atoms with Crippen molar-refractivity contribution >= 4 is 0 Å². The molecule has 0 bridgehead atoms. The highest BCUT2D eigenvalue weighted by atomic mass is 16.3. The fraction of sp³-hybridized carbons (Fsp3) is 0.643. The van der Waals surface area contributed by atoms with Crippen molar-refractivity contribution in [2.24, 2.45) is 5.41 Å². The van der Waals surface area contributed by atoms with Crippen LogP contribution >= 0.6 is 0 Å². The maximum atomic E-state index is 9.50. The van der Waals surface area contributed by atoms with Crippen LogP contribution in [0.15, 0.2) is 24.4 Å². The van der Waals surface area contributed by atoms with Crippen molar-refractivity contribution in [3.63, 3.8) is 0 Å². The van der Waals surface area contributed by atoms with Crippen molar-refractivity contribution in [1.82, 2.24) is 10.3 Å². The Balaban J connectivity index is 2.55. The van der Waals surface area contributed by atoms with Gasteiger partial charge in [-0.05, 0) is 31.9 Å². The Labute approximate surface area is 104 Å². The molecule has 0 fully saturated rings. The topological polar surface area (TPSA) is 45.1 Å². The van der Waals surface area contributed by atoms with E-state index in [0.29, 0.717) is 0 Å². The van der Waals surface area contributed by atoms with E-state index in [-0.39, 0.29) is 18.1 Å². The number of hydrogen-bond donors (Lipinski definition) is 2.